The minimum atomic E-state index is 0.207. The van der Waals surface area contributed by atoms with Crippen molar-refractivity contribution in [3.63, 3.8) is 0 Å². The topological polar surface area (TPSA) is 43.8 Å². The molecule has 3 nitrogen and oxygen atoms in total. The SMILES string of the molecule is CCC(C)Cn1nc(C)c(CC(C)N)c1C. The molecule has 3 heteroatoms. The van der Waals surface area contributed by atoms with Crippen LogP contribution in [0.15, 0.2) is 0 Å². The van der Waals surface area contributed by atoms with Crippen molar-refractivity contribution in [3.8, 4) is 0 Å². The van der Waals surface area contributed by atoms with Gasteiger partial charge in [-0.15, -0.1) is 0 Å². The summed E-state index contributed by atoms with van der Waals surface area (Å²) in [6, 6.07) is 0.207. The molecule has 1 rings (SSSR count). The highest BCUT2D eigenvalue weighted by molar-refractivity contribution is 5.25. The molecule has 0 spiro atoms. The summed E-state index contributed by atoms with van der Waals surface area (Å²) in [7, 11) is 0. The molecule has 2 unspecified atom stereocenters. The van der Waals surface area contributed by atoms with Crippen LogP contribution in [0.4, 0.5) is 0 Å². The predicted octanol–water partition coefficient (Wildman–Crippen LogP) is 2.44. The van der Waals surface area contributed by atoms with Crippen LogP contribution in [-0.2, 0) is 13.0 Å². The van der Waals surface area contributed by atoms with Gasteiger partial charge in [0.05, 0.1) is 5.69 Å². The van der Waals surface area contributed by atoms with Crippen LogP contribution in [0.5, 0.6) is 0 Å². The molecule has 0 bridgehead atoms. The Labute approximate surface area is 99.0 Å². The first-order chi connectivity index (χ1) is 7.45. The predicted molar refractivity (Wildman–Crippen MR) is 68.5 cm³/mol. The molecule has 0 aliphatic carbocycles. The van der Waals surface area contributed by atoms with Crippen LogP contribution in [0.25, 0.3) is 0 Å². The minimum Gasteiger partial charge on any atom is -0.328 e. The third-order valence-corrected chi connectivity index (χ3v) is 3.24. The summed E-state index contributed by atoms with van der Waals surface area (Å²) in [5, 5.41) is 4.61. The Kier molecular flexibility index (Phi) is 4.54. The molecule has 0 aliphatic heterocycles. The fourth-order valence-electron chi connectivity index (χ4n) is 1.95. The molecule has 0 aliphatic rings. The Morgan fingerprint density at radius 2 is 1.94 bits per heavy atom. The number of hydrogen-bond donors (Lipinski definition) is 1. The Hall–Kier alpha value is -0.830. The molecule has 16 heavy (non-hydrogen) atoms. The van der Waals surface area contributed by atoms with E-state index in [0.29, 0.717) is 5.92 Å². The van der Waals surface area contributed by atoms with Crippen LogP contribution in [0.2, 0.25) is 0 Å². The molecule has 0 amide bonds. The molecule has 0 saturated carbocycles. The highest BCUT2D eigenvalue weighted by Crippen LogP contribution is 2.16. The number of nitrogens with two attached hydrogens (primary N) is 1. The van der Waals surface area contributed by atoms with Crippen molar-refractivity contribution in [1.82, 2.24) is 9.78 Å². The number of hydrogen-bond acceptors (Lipinski definition) is 2. The van der Waals surface area contributed by atoms with Crippen molar-refractivity contribution in [3.05, 3.63) is 17.0 Å². The van der Waals surface area contributed by atoms with Gasteiger partial charge in [0.15, 0.2) is 0 Å². The van der Waals surface area contributed by atoms with Crippen molar-refractivity contribution in [2.75, 3.05) is 0 Å². The zero-order valence-corrected chi connectivity index (χ0v) is 11.2. The van der Waals surface area contributed by atoms with Gasteiger partial charge in [0.2, 0.25) is 0 Å². The second-order valence-electron chi connectivity index (χ2n) is 5.03. The number of nitrogens with zero attached hydrogens (tertiary/aromatic N) is 2. The monoisotopic (exact) mass is 223 g/mol. The van der Waals surface area contributed by atoms with Crippen LogP contribution in [0.1, 0.15) is 44.1 Å². The maximum absolute atomic E-state index is 5.86. The summed E-state index contributed by atoms with van der Waals surface area (Å²) in [4.78, 5) is 0. The maximum atomic E-state index is 5.86. The lowest BCUT2D eigenvalue weighted by atomic mass is 10.1. The molecule has 0 fully saturated rings. The molecule has 92 valence electrons. The number of rotatable bonds is 5. The molecular formula is C13H25N3. The van der Waals surface area contributed by atoms with Crippen LogP contribution in [0, 0.1) is 19.8 Å². The molecule has 1 aromatic rings. The van der Waals surface area contributed by atoms with E-state index in [4.69, 9.17) is 5.73 Å². The molecular weight excluding hydrogens is 198 g/mol. The van der Waals surface area contributed by atoms with Crippen LogP contribution in [-0.4, -0.2) is 15.8 Å². The van der Waals surface area contributed by atoms with Gasteiger partial charge in [0.25, 0.3) is 0 Å². The Morgan fingerprint density at radius 3 is 2.44 bits per heavy atom. The van der Waals surface area contributed by atoms with E-state index in [1.807, 2.05) is 6.92 Å². The van der Waals surface area contributed by atoms with Gasteiger partial charge in [-0.3, -0.25) is 4.68 Å². The minimum absolute atomic E-state index is 0.207. The average molecular weight is 223 g/mol. The summed E-state index contributed by atoms with van der Waals surface area (Å²) < 4.78 is 2.14. The van der Waals surface area contributed by atoms with E-state index >= 15 is 0 Å². The van der Waals surface area contributed by atoms with E-state index < -0.39 is 0 Å². The lowest BCUT2D eigenvalue weighted by Gasteiger charge is -2.11. The normalized spacial score (nSPS) is 15.1. The van der Waals surface area contributed by atoms with E-state index in [9.17, 15) is 0 Å². The Bertz CT molecular complexity index is 339. The summed E-state index contributed by atoms with van der Waals surface area (Å²) in [5.74, 6) is 0.682. The zero-order valence-electron chi connectivity index (χ0n) is 11.2. The highest BCUT2D eigenvalue weighted by Gasteiger charge is 2.13. The van der Waals surface area contributed by atoms with Crippen molar-refractivity contribution >= 4 is 0 Å². The van der Waals surface area contributed by atoms with Gasteiger partial charge in [0, 0.05) is 18.3 Å². The number of aromatic nitrogens is 2. The highest BCUT2D eigenvalue weighted by atomic mass is 15.3. The summed E-state index contributed by atoms with van der Waals surface area (Å²) in [6.45, 7) is 11.8. The van der Waals surface area contributed by atoms with E-state index in [1.165, 1.54) is 17.7 Å². The first kappa shape index (κ1) is 13.2. The Balaban J connectivity index is 2.88. The third-order valence-electron chi connectivity index (χ3n) is 3.24. The van der Waals surface area contributed by atoms with Gasteiger partial charge in [-0.2, -0.15) is 5.10 Å². The van der Waals surface area contributed by atoms with E-state index in [1.54, 1.807) is 0 Å². The van der Waals surface area contributed by atoms with Crippen LogP contribution < -0.4 is 5.73 Å². The van der Waals surface area contributed by atoms with Gasteiger partial charge in [-0.1, -0.05) is 20.3 Å². The van der Waals surface area contributed by atoms with Gasteiger partial charge in [-0.25, -0.2) is 0 Å². The Morgan fingerprint density at radius 1 is 1.31 bits per heavy atom. The molecule has 0 aromatic carbocycles. The second kappa shape index (κ2) is 5.48. The number of aryl methyl sites for hydroxylation is 1. The van der Waals surface area contributed by atoms with Crippen molar-refractivity contribution in [2.24, 2.45) is 11.7 Å². The largest absolute Gasteiger partial charge is 0.328 e. The van der Waals surface area contributed by atoms with Crippen LogP contribution >= 0.6 is 0 Å². The average Bonchev–Trinajstić information content (AvgIpc) is 2.45. The van der Waals surface area contributed by atoms with Crippen LogP contribution in [0.3, 0.4) is 0 Å². The standard InChI is InChI=1S/C13H25N3/c1-6-9(2)8-16-12(5)13(7-10(3)14)11(4)15-16/h9-10H,6-8,14H2,1-5H3. The summed E-state index contributed by atoms with van der Waals surface area (Å²) in [5.41, 5.74) is 9.62. The maximum Gasteiger partial charge on any atom is 0.0629 e. The summed E-state index contributed by atoms with van der Waals surface area (Å²) in [6.07, 6.45) is 2.12. The fourth-order valence-corrected chi connectivity index (χ4v) is 1.95. The molecule has 0 saturated heterocycles. The van der Waals surface area contributed by atoms with Gasteiger partial charge >= 0.3 is 0 Å². The van der Waals surface area contributed by atoms with E-state index in [-0.39, 0.29) is 6.04 Å². The molecule has 2 atom stereocenters. The smallest absolute Gasteiger partial charge is 0.0629 e. The first-order valence-electron chi connectivity index (χ1n) is 6.24. The lowest BCUT2D eigenvalue weighted by molar-refractivity contribution is 0.431. The quantitative estimate of drug-likeness (QED) is 0.833. The first-order valence-corrected chi connectivity index (χ1v) is 6.24. The van der Waals surface area contributed by atoms with Gasteiger partial charge < -0.3 is 5.73 Å². The van der Waals surface area contributed by atoms with Crippen molar-refractivity contribution < 1.29 is 0 Å². The van der Waals surface area contributed by atoms with E-state index in [2.05, 4.69) is 37.5 Å². The molecule has 0 radical (unpaired) electrons. The van der Waals surface area contributed by atoms with Crippen molar-refractivity contribution in [1.29, 1.82) is 0 Å². The third kappa shape index (κ3) is 3.08. The molecule has 1 heterocycles. The van der Waals surface area contributed by atoms with Gasteiger partial charge in [0.1, 0.15) is 0 Å². The lowest BCUT2D eigenvalue weighted by Crippen LogP contribution is -2.18. The van der Waals surface area contributed by atoms with E-state index in [0.717, 1.165) is 18.7 Å². The second-order valence-corrected chi connectivity index (χ2v) is 5.03. The summed E-state index contributed by atoms with van der Waals surface area (Å²) >= 11 is 0. The molecule has 1 aromatic heterocycles. The van der Waals surface area contributed by atoms with Gasteiger partial charge in [-0.05, 0) is 38.7 Å². The fraction of sp³-hybridized carbons (Fsp3) is 0.769. The molecule has 2 N–H and O–H groups in total. The zero-order chi connectivity index (χ0) is 12.3. The van der Waals surface area contributed by atoms with Crippen molar-refractivity contribution in [2.45, 2.75) is 60.0 Å².